The Labute approximate surface area is 89.9 Å². The van der Waals surface area contributed by atoms with Gasteiger partial charge in [-0.2, -0.15) is 5.26 Å². The van der Waals surface area contributed by atoms with Gasteiger partial charge in [0.15, 0.2) is 0 Å². The van der Waals surface area contributed by atoms with Crippen molar-refractivity contribution in [3.8, 4) is 6.07 Å². The lowest BCUT2D eigenvalue weighted by Gasteiger charge is -2.05. The van der Waals surface area contributed by atoms with E-state index in [1.165, 1.54) is 0 Å². The molecule has 1 aromatic heterocycles. The van der Waals surface area contributed by atoms with Crippen LogP contribution in [0.5, 0.6) is 0 Å². The standard InChI is InChI=1S/C11H15N3O/c1-2-15-7-3-5-13-10-4-6-14-11(8-10)9-12/h4,6,8H,2-3,5,7H2,1H3,(H,13,14). The van der Waals surface area contributed by atoms with Crippen LogP contribution in [0.3, 0.4) is 0 Å². The molecular formula is C11H15N3O. The van der Waals surface area contributed by atoms with Crippen LogP contribution in [0.15, 0.2) is 18.3 Å². The van der Waals surface area contributed by atoms with Crippen LogP contribution in [0.2, 0.25) is 0 Å². The Balaban J connectivity index is 2.28. The number of rotatable bonds is 6. The molecule has 0 aliphatic carbocycles. The summed E-state index contributed by atoms with van der Waals surface area (Å²) in [4.78, 5) is 3.89. The first-order chi connectivity index (χ1) is 7.36. The second kappa shape index (κ2) is 6.80. The lowest BCUT2D eigenvalue weighted by molar-refractivity contribution is 0.147. The summed E-state index contributed by atoms with van der Waals surface area (Å²) in [7, 11) is 0. The van der Waals surface area contributed by atoms with E-state index in [0.717, 1.165) is 31.9 Å². The topological polar surface area (TPSA) is 57.9 Å². The fourth-order valence-corrected chi connectivity index (χ4v) is 1.15. The zero-order valence-electron chi connectivity index (χ0n) is 8.86. The van der Waals surface area contributed by atoms with Crippen LogP contribution < -0.4 is 5.32 Å². The predicted molar refractivity (Wildman–Crippen MR) is 58.6 cm³/mol. The highest BCUT2D eigenvalue weighted by Crippen LogP contribution is 2.06. The van der Waals surface area contributed by atoms with E-state index in [-0.39, 0.29) is 0 Å². The van der Waals surface area contributed by atoms with E-state index in [2.05, 4.69) is 10.3 Å². The predicted octanol–water partition coefficient (Wildman–Crippen LogP) is 1.79. The average Bonchev–Trinajstić information content (AvgIpc) is 2.29. The number of nitrogens with one attached hydrogen (secondary N) is 1. The number of ether oxygens (including phenoxy) is 1. The van der Waals surface area contributed by atoms with E-state index >= 15 is 0 Å². The van der Waals surface area contributed by atoms with Crippen LogP contribution in [0.25, 0.3) is 0 Å². The molecule has 0 atom stereocenters. The Bertz CT molecular complexity index is 333. The van der Waals surface area contributed by atoms with Crippen molar-refractivity contribution >= 4 is 5.69 Å². The molecule has 0 unspecified atom stereocenters. The zero-order chi connectivity index (χ0) is 10.9. The summed E-state index contributed by atoms with van der Waals surface area (Å²) in [5.41, 5.74) is 1.36. The molecule has 0 aliphatic rings. The molecule has 0 radical (unpaired) electrons. The van der Waals surface area contributed by atoms with Gasteiger partial charge < -0.3 is 10.1 Å². The van der Waals surface area contributed by atoms with Gasteiger partial charge in [-0.3, -0.25) is 0 Å². The van der Waals surface area contributed by atoms with Gasteiger partial charge in [0.1, 0.15) is 11.8 Å². The van der Waals surface area contributed by atoms with E-state index in [0.29, 0.717) is 5.69 Å². The lowest BCUT2D eigenvalue weighted by atomic mass is 10.3. The minimum atomic E-state index is 0.435. The average molecular weight is 205 g/mol. The third-order valence-corrected chi connectivity index (χ3v) is 1.87. The third-order valence-electron chi connectivity index (χ3n) is 1.87. The van der Waals surface area contributed by atoms with Gasteiger partial charge >= 0.3 is 0 Å². The maximum absolute atomic E-state index is 8.64. The monoisotopic (exact) mass is 205 g/mol. The van der Waals surface area contributed by atoms with E-state index in [4.69, 9.17) is 10.00 Å². The number of nitriles is 1. The SMILES string of the molecule is CCOCCCNc1ccnc(C#N)c1. The molecule has 1 N–H and O–H groups in total. The molecule has 80 valence electrons. The normalized spacial score (nSPS) is 9.60. The van der Waals surface area contributed by atoms with Crippen LogP contribution in [-0.4, -0.2) is 24.7 Å². The van der Waals surface area contributed by atoms with Crippen molar-refractivity contribution < 1.29 is 4.74 Å². The van der Waals surface area contributed by atoms with Crippen LogP contribution in [0.4, 0.5) is 5.69 Å². The maximum atomic E-state index is 8.64. The number of hydrogen-bond acceptors (Lipinski definition) is 4. The minimum Gasteiger partial charge on any atom is -0.385 e. The van der Waals surface area contributed by atoms with E-state index in [1.807, 2.05) is 19.1 Å². The molecule has 4 nitrogen and oxygen atoms in total. The van der Waals surface area contributed by atoms with Crippen LogP contribution >= 0.6 is 0 Å². The van der Waals surface area contributed by atoms with Crippen LogP contribution in [0.1, 0.15) is 19.0 Å². The largest absolute Gasteiger partial charge is 0.385 e. The Morgan fingerprint density at radius 1 is 1.60 bits per heavy atom. The molecule has 0 bridgehead atoms. The molecule has 0 saturated carbocycles. The molecule has 1 aromatic rings. The van der Waals surface area contributed by atoms with Gasteiger partial charge in [0.05, 0.1) is 0 Å². The van der Waals surface area contributed by atoms with Gasteiger partial charge in [0.2, 0.25) is 0 Å². The summed E-state index contributed by atoms with van der Waals surface area (Å²) in [6.07, 6.45) is 2.58. The second-order valence-electron chi connectivity index (χ2n) is 3.02. The highest BCUT2D eigenvalue weighted by Gasteiger charge is 1.94. The van der Waals surface area contributed by atoms with Gasteiger partial charge in [0, 0.05) is 31.6 Å². The van der Waals surface area contributed by atoms with Gasteiger partial charge in [-0.15, -0.1) is 0 Å². The summed E-state index contributed by atoms with van der Waals surface area (Å²) >= 11 is 0. The van der Waals surface area contributed by atoms with Gasteiger partial charge in [0.25, 0.3) is 0 Å². The molecule has 0 spiro atoms. The summed E-state index contributed by atoms with van der Waals surface area (Å²) in [5, 5.41) is 11.9. The Morgan fingerprint density at radius 2 is 2.47 bits per heavy atom. The summed E-state index contributed by atoms with van der Waals surface area (Å²) in [6, 6.07) is 5.59. The first-order valence-electron chi connectivity index (χ1n) is 5.04. The van der Waals surface area contributed by atoms with E-state index < -0.39 is 0 Å². The fourth-order valence-electron chi connectivity index (χ4n) is 1.15. The van der Waals surface area contributed by atoms with Gasteiger partial charge in [-0.1, -0.05) is 0 Å². The van der Waals surface area contributed by atoms with Gasteiger partial charge in [-0.25, -0.2) is 4.98 Å². The number of anilines is 1. The number of nitrogens with zero attached hydrogens (tertiary/aromatic N) is 2. The second-order valence-corrected chi connectivity index (χ2v) is 3.02. The Kier molecular flexibility index (Phi) is 5.20. The number of pyridine rings is 1. The van der Waals surface area contributed by atoms with Crippen molar-refractivity contribution in [3.05, 3.63) is 24.0 Å². The molecule has 15 heavy (non-hydrogen) atoms. The van der Waals surface area contributed by atoms with Crippen LogP contribution in [-0.2, 0) is 4.74 Å². The van der Waals surface area contributed by atoms with Crippen molar-refractivity contribution in [2.24, 2.45) is 0 Å². The fraction of sp³-hybridized carbons (Fsp3) is 0.455. The highest BCUT2D eigenvalue weighted by molar-refractivity contribution is 5.45. The van der Waals surface area contributed by atoms with Gasteiger partial charge in [-0.05, 0) is 25.5 Å². The summed E-state index contributed by atoms with van der Waals surface area (Å²) in [5.74, 6) is 0. The first-order valence-corrected chi connectivity index (χ1v) is 5.04. The summed E-state index contributed by atoms with van der Waals surface area (Å²) < 4.78 is 5.21. The smallest absolute Gasteiger partial charge is 0.142 e. The quantitative estimate of drug-likeness (QED) is 0.719. The third kappa shape index (κ3) is 4.43. The molecule has 0 aromatic carbocycles. The molecular weight excluding hydrogens is 190 g/mol. The van der Waals surface area contributed by atoms with Crippen molar-refractivity contribution in [2.45, 2.75) is 13.3 Å². The van der Waals surface area contributed by atoms with Crippen molar-refractivity contribution in [2.75, 3.05) is 25.1 Å². The molecule has 4 heteroatoms. The van der Waals surface area contributed by atoms with Crippen molar-refractivity contribution in [3.63, 3.8) is 0 Å². The van der Waals surface area contributed by atoms with Crippen molar-refractivity contribution in [1.29, 1.82) is 5.26 Å². The Hall–Kier alpha value is -1.60. The maximum Gasteiger partial charge on any atom is 0.142 e. The molecule has 0 saturated heterocycles. The van der Waals surface area contributed by atoms with E-state index in [9.17, 15) is 0 Å². The van der Waals surface area contributed by atoms with Crippen molar-refractivity contribution in [1.82, 2.24) is 4.98 Å². The summed E-state index contributed by atoms with van der Waals surface area (Å²) in [6.45, 7) is 4.35. The zero-order valence-corrected chi connectivity index (χ0v) is 8.86. The number of hydrogen-bond donors (Lipinski definition) is 1. The molecule has 0 amide bonds. The molecule has 0 fully saturated rings. The minimum absolute atomic E-state index is 0.435. The molecule has 0 aliphatic heterocycles. The molecule has 1 rings (SSSR count). The first kappa shape index (κ1) is 11.5. The highest BCUT2D eigenvalue weighted by atomic mass is 16.5. The molecule has 1 heterocycles. The lowest BCUT2D eigenvalue weighted by Crippen LogP contribution is -2.05. The number of aromatic nitrogens is 1. The van der Waals surface area contributed by atoms with Crippen LogP contribution in [0, 0.1) is 11.3 Å². The Morgan fingerprint density at radius 3 is 3.20 bits per heavy atom. The van der Waals surface area contributed by atoms with E-state index in [1.54, 1.807) is 12.3 Å².